The largest absolute Gasteiger partial charge is 0.497 e. The van der Waals surface area contributed by atoms with Crippen molar-refractivity contribution in [1.29, 1.82) is 0 Å². The molecule has 0 radical (unpaired) electrons. The summed E-state index contributed by atoms with van der Waals surface area (Å²) in [4.78, 5) is 24.7. The number of hydrogen-bond acceptors (Lipinski definition) is 6. The summed E-state index contributed by atoms with van der Waals surface area (Å²) in [7, 11) is -2.36. The van der Waals surface area contributed by atoms with Crippen LogP contribution >= 0.6 is 0 Å². The van der Waals surface area contributed by atoms with Crippen LogP contribution < -0.4 is 20.1 Å². The highest BCUT2D eigenvalue weighted by molar-refractivity contribution is 7.89. The first-order valence-electron chi connectivity index (χ1n) is 10.3. The van der Waals surface area contributed by atoms with Crippen molar-refractivity contribution >= 4 is 27.5 Å². The number of carbonyl (C=O) groups is 2. The molecular weight excluding hydrogens is 434 g/mol. The smallest absolute Gasteiger partial charge is 0.265 e. The van der Waals surface area contributed by atoms with E-state index in [9.17, 15) is 18.0 Å². The minimum absolute atomic E-state index is 0.00422. The Hall–Kier alpha value is -3.11. The molecule has 2 unspecified atom stereocenters. The number of methoxy groups -OCH3 is 1. The lowest BCUT2D eigenvalue weighted by Gasteiger charge is -2.26. The summed E-state index contributed by atoms with van der Waals surface area (Å²) >= 11 is 0. The molecule has 2 aliphatic heterocycles. The van der Waals surface area contributed by atoms with E-state index in [-0.39, 0.29) is 29.8 Å². The van der Waals surface area contributed by atoms with Crippen molar-refractivity contribution in [3.63, 3.8) is 0 Å². The first kappa shape index (κ1) is 22.1. The van der Waals surface area contributed by atoms with Crippen LogP contribution in [-0.2, 0) is 26.2 Å². The Bertz CT molecular complexity index is 1130. The van der Waals surface area contributed by atoms with Gasteiger partial charge < -0.3 is 20.1 Å². The third-order valence-electron chi connectivity index (χ3n) is 5.62. The van der Waals surface area contributed by atoms with Crippen LogP contribution in [0.15, 0.2) is 47.4 Å². The van der Waals surface area contributed by atoms with Crippen LogP contribution in [0.4, 0.5) is 5.69 Å². The third kappa shape index (κ3) is 4.28. The van der Waals surface area contributed by atoms with Crippen LogP contribution in [0.3, 0.4) is 0 Å². The number of benzene rings is 2. The van der Waals surface area contributed by atoms with Gasteiger partial charge in [-0.1, -0.05) is 12.1 Å². The van der Waals surface area contributed by atoms with Gasteiger partial charge in [-0.05, 0) is 55.7 Å². The molecule has 9 nitrogen and oxygen atoms in total. The molecule has 0 bridgehead atoms. The lowest BCUT2D eigenvalue weighted by molar-refractivity contribution is -0.124. The second-order valence-electron chi connectivity index (χ2n) is 7.75. The number of hydrogen-bond donors (Lipinski definition) is 2. The van der Waals surface area contributed by atoms with E-state index in [2.05, 4.69) is 10.6 Å². The highest BCUT2D eigenvalue weighted by atomic mass is 32.2. The minimum atomic E-state index is -3.94. The predicted molar refractivity (Wildman–Crippen MR) is 117 cm³/mol. The standard InChI is InChI=1S/C22H25N3O6S/c1-14-21(26)24-18-12-17(9-10-20(18)31-14)32(28,29)25-11-3-4-19(25)22(27)23-13-15-5-7-16(30-2)8-6-15/h5-10,12,14,19H,3-4,11,13H2,1-2H3,(H,23,27)(H,24,26). The Morgan fingerprint density at radius 3 is 2.72 bits per heavy atom. The zero-order valence-electron chi connectivity index (χ0n) is 17.8. The third-order valence-corrected chi connectivity index (χ3v) is 7.52. The fraction of sp³-hybridized carbons (Fsp3) is 0.364. The molecule has 1 saturated heterocycles. The number of nitrogens with one attached hydrogen (secondary N) is 2. The average Bonchev–Trinajstić information content (AvgIpc) is 3.29. The van der Waals surface area contributed by atoms with Crippen LogP contribution in [0.2, 0.25) is 0 Å². The molecule has 0 spiro atoms. The minimum Gasteiger partial charge on any atom is -0.497 e. The second-order valence-corrected chi connectivity index (χ2v) is 9.64. The van der Waals surface area contributed by atoms with Crippen LogP contribution in [0.1, 0.15) is 25.3 Å². The van der Waals surface area contributed by atoms with Crippen molar-refractivity contribution in [2.45, 2.75) is 43.4 Å². The van der Waals surface area contributed by atoms with Gasteiger partial charge in [-0.2, -0.15) is 4.31 Å². The lowest BCUT2D eigenvalue weighted by atomic mass is 10.2. The van der Waals surface area contributed by atoms with Gasteiger partial charge in [0.05, 0.1) is 17.7 Å². The zero-order chi connectivity index (χ0) is 22.9. The molecule has 0 aliphatic carbocycles. The maximum atomic E-state index is 13.3. The Balaban J connectivity index is 1.48. The van der Waals surface area contributed by atoms with E-state index in [1.165, 1.54) is 22.5 Å². The number of fused-ring (bicyclic) bond motifs is 1. The number of anilines is 1. The quantitative estimate of drug-likeness (QED) is 0.682. The van der Waals surface area contributed by atoms with Crippen LogP contribution in [0.25, 0.3) is 0 Å². The lowest BCUT2D eigenvalue weighted by Crippen LogP contribution is -2.45. The van der Waals surface area contributed by atoms with Crippen molar-refractivity contribution in [2.24, 2.45) is 0 Å². The fourth-order valence-electron chi connectivity index (χ4n) is 3.82. The maximum Gasteiger partial charge on any atom is 0.265 e. The molecule has 2 aromatic rings. The van der Waals surface area contributed by atoms with Gasteiger partial charge in [0.25, 0.3) is 5.91 Å². The molecule has 4 rings (SSSR count). The Morgan fingerprint density at radius 1 is 1.25 bits per heavy atom. The van der Waals surface area contributed by atoms with Crippen LogP contribution in [0, 0.1) is 0 Å². The summed E-state index contributed by atoms with van der Waals surface area (Å²) in [6.45, 7) is 2.15. The first-order valence-corrected chi connectivity index (χ1v) is 11.8. The predicted octanol–water partition coefficient (Wildman–Crippen LogP) is 1.88. The number of sulfonamides is 1. The topological polar surface area (TPSA) is 114 Å². The number of carbonyl (C=O) groups excluding carboxylic acids is 2. The molecule has 2 heterocycles. The van der Waals surface area contributed by atoms with Crippen molar-refractivity contribution in [3.8, 4) is 11.5 Å². The second kappa shape index (κ2) is 8.79. The Kier molecular flexibility index (Phi) is 6.07. The van der Waals surface area contributed by atoms with E-state index >= 15 is 0 Å². The molecular formula is C22H25N3O6S. The summed E-state index contributed by atoms with van der Waals surface area (Å²) in [5, 5.41) is 5.49. The Morgan fingerprint density at radius 2 is 2.00 bits per heavy atom. The van der Waals surface area contributed by atoms with Gasteiger partial charge in [0.2, 0.25) is 15.9 Å². The van der Waals surface area contributed by atoms with Gasteiger partial charge in [-0.3, -0.25) is 9.59 Å². The van der Waals surface area contributed by atoms with E-state index in [1.54, 1.807) is 26.2 Å². The van der Waals surface area contributed by atoms with E-state index in [1.807, 2.05) is 12.1 Å². The van der Waals surface area contributed by atoms with Crippen molar-refractivity contribution in [1.82, 2.24) is 9.62 Å². The molecule has 32 heavy (non-hydrogen) atoms. The zero-order valence-corrected chi connectivity index (χ0v) is 18.6. The molecule has 170 valence electrons. The molecule has 2 amide bonds. The highest BCUT2D eigenvalue weighted by Gasteiger charge is 2.40. The van der Waals surface area contributed by atoms with E-state index in [0.717, 1.165) is 5.56 Å². The molecule has 2 aliphatic rings. The monoisotopic (exact) mass is 459 g/mol. The maximum absolute atomic E-state index is 13.3. The fourth-order valence-corrected chi connectivity index (χ4v) is 5.51. The Labute approximate surface area is 186 Å². The molecule has 1 fully saturated rings. The van der Waals surface area contributed by atoms with Gasteiger partial charge in [0, 0.05) is 13.1 Å². The molecule has 0 saturated carbocycles. The van der Waals surface area contributed by atoms with E-state index < -0.39 is 22.2 Å². The van der Waals surface area contributed by atoms with Gasteiger partial charge in [0.15, 0.2) is 6.10 Å². The van der Waals surface area contributed by atoms with Crippen molar-refractivity contribution in [2.75, 3.05) is 19.0 Å². The highest BCUT2D eigenvalue weighted by Crippen LogP contribution is 2.34. The van der Waals surface area contributed by atoms with Gasteiger partial charge in [0.1, 0.15) is 17.5 Å². The molecule has 0 aromatic heterocycles. The normalized spacial score (nSPS) is 20.8. The average molecular weight is 460 g/mol. The molecule has 2 aromatic carbocycles. The van der Waals surface area contributed by atoms with Crippen molar-refractivity contribution in [3.05, 3.63) is 48.0 Å². The summed E-state index contributed by atoms with van der Waals surface area (Å²) in [5.41, 5.74) is 1.18. The summed E-state index contributed by atoms with van der Waals surface area (Å²) in [6, 6.07) is 10.8. The summed E-state index contributed by atoms with van der Waals surface area (Å²) in [6.07, 6.45) is 0.375. The molecule has 2 atom stereocenters. The number of amides is 2. The van der Waals surface area contributed by atoms with Crippen molar-refractivity contribution < 1.29 is 27.5 Å². The van der Waals surface area contributed by atoms with E-state index in [4.69, 9.17) is 9.47 Å². The van der Waals surface area contributed by atoms with Crippen LogP contribution in [0.5, 0.6) is 11.5 Å². The number of ether oxygens (including phenoxy) is 2. The summed E-state index contributed by atoms with van der Waals surface area (Å²) in [5.74, 6) is 0.440. The van der Waals surface area contributed by atoms with Crippen LogP contribution in [-0.4, -0.2) is 50.3 Å². The van der Waals surface area contributed by atoms with Gasteiger partial charge >= 0.3 is 0 Å². The van der Waals surface area contributed by atoms with E-state index in [0.29, 0.717) is 30.0 Å². The summed E-state index contributed by atoms with van der Waals surface area (Å²) < 4.78 is 38.5. The number of rotatable bonds is 6. The molecule has 10 heteroatoms. The van der Waals surface area contributed by atoms with Gasteiger partial charge in [-0.25, -0.2) is 8.42 Å². The first-order chi connectivity index (χ1) is 15.3. The SMILES string of the molecule is COc1ccc(CNC(=O)C2CCCN2S(=O)(=O)c2ccc3c(c2)NC(=O)C(C)O3)cc1. The number of nitrogens with zero attached hydrogens (tertiary/aromatic N) is 1. The van der Waals surface area contributed by atoms with Gasteiger partial charge in [-0.15, -0.1) is 0 Å². The molecule has 2 N–H and O–H groups in total.